The van der Waals surface area contributed by atoms with E-state index in [9.17, 15) is 0 Å². The SMILES string of the molecule is Cc1nc2c(cc1-c1n[nH]c(=S)n1C)CN(C)CC2. The number of aromatic nitrogens is 4. The van der Waals surface area contributed by atoms with Crippen LogP contribution in [0, 0.1) is 11.7 Å². The van der Waals surface area contributed by atoms with E-state index < -0.39 is 0 Å². The first-order chi connectivity index (χ1) is 9.06. The highest BCUT2D eigenvalue weighted by Crippen LogP contribution is 2.25. The van der Waals surface area contributed by atoms with Crippen molar-refractivity contribution in [2.24, 2.45) is 7.05 Å². The molecule has 6 heteroatoms. The van der Waals surface area contributed by atoms with Gasteiger partial charge in [-0.25, -0.2) is 0 Å². The Morgan fingerprint density at radius 2 is 2.16 bits per heavy atom. The quantitative estimate of drug-likeness (QED) is 0.807. The van der Waals surface area contributed by atoms with Crippen molar-refractivity contribution < 1.29 is 0 Å². The Labute approximate surface area is 117 Å². The van der Waals surface area contributed by atoms with Crippen molar-refractivity contribution in [1.82, 2.24) is 24.6 Å². The van der Waals surface area contributed by atoms with Gasteiger partial charge in [0.15, 0.2) is 10.6 Å². The van der Waals surface area contributed by atoms with Crippen LogP contribution in [-0.4, -0.2) is 38.2 Å². The van der Waals surface area contributed by atoms with Crippen LogP contribution >= 0.6 is 12.2 Å². The van der Waals surface area contributed by atoms with Gasteiger partial charge in [0, 0.05) is 43.5 Å². The molecule has 0 bridgehead atoms. The van der Waals surface area contributed by atoms with Crippen molar-refractivity contribution in [1.29, 1.82) is 0 Å². The molecular formula is C13H17N5S. The maximum absolute atomic E-state index is 5.17. The van der Waals surface area contributed by atoms with Crippen molar-refractivity contribution in [2.75, 3.05) is 13.6 Å². The fraction of sp³-hybridized carbons (Fsp3) is 0.462. The number of rotatable bonds is 1. The zero-order chi connectivity index (χ0) is 13.6. The zero-order valence-corrected chi connectivity index (χ0v) is 12.2. The summed E-state index contributed by atoms with van der Waals surface area (Å²) in [6.45, 7) is 4.06. The summed E-state index contributed by atoms with van der Waals surface area (Å²) < 4.78 is 2.52. The Hall–Kier alpha value is -1.53. The molecule has 5 nitrogen and oxygen atoms in total. The molecule has 3 heterocycles. The first-order valence-corrected chi connectivity index (χ1v) is 6.77. The normalized spacial score (nSPS) is 15.5. The van der Waals surface area contributed by atoms with Crippen LogP contribution in [0.5, 0.6) is 0 Å². The van der Waals surface area contributed by atoms with E-state index in [0.717, 1.165) is 36.6 Å². The number of nitrogens with one attached hydrogen (secondary N) is 1. The lowest BCUT2D eigenvalue weighted by Gasteiger charge is -2.25. The van der Waals surface area contributed by atoms with E-state index in [1.807, 2.05) is 18.5 Å². The Morgan fingerprint density at radius 1 is 1.37 bits per heavy atom. The lowest BCUT2D eigenvalue weighted by molar-refractivity contribution is 0.310. The monoisotopic (exact) mass is 275 g/mol. The van der Waals surface area contributed by atoms with Crippen LogP contribution in [-0.2, 0) is 20.0 Å². The number of H-pyrrole nitrogens is 1. The van der Waals surface area contributed by atoms with Gasteiger partial charge in [0.1, 0.15) is 0 Å². The van der Waals surface area contributed by atoms with Crippen molar-refractivity contribution in [3.63, 3.8) is 0 Å². The van der Waals surface area contributed by atoms with Crippen molar-refractivity contribution in [3.05, 3.63) is 27.8 Å². The van der Waals surface area contributed by atoms with Crippen molar-refractivity contribution in [3.8, 4) is 11.4 Å². The van der Waals surface area contributed by atoms with Crippen LogP contribution in [0.3, 0.4) is 0 Å². The highest BCUT2D eigenvalue weighted by molar-refractivity contribution is 7.71. The van der Waals surface area contributed by atoms with Gasteiger partial charge in [-0.2, -0.15) is 5.10 Å². The molecule has 0 unspecified atom stereocenters. The molecule has 0 saturated carbocycles. The number of aryl methyl sites for hydroxylation is 1. The maximum Gasteiger partial charge on any atom is 0.195 e. The molecule has 0 aliphatic carbocycles. The predicted molar refractivity (Wildman–Crippen MR) is 76.4 cm³/mol. The number of fused-ring (bicyclic) bond motifs is 1. The molecular weight excluding hydrogens is 258 g/mol. The molecule has 1 N–H and O–H groups in total. The summed E-state index contributed by atoms with van der Waals surface area (Å²) in [5.41, 5.74) is 4.59. The highest BCUT2D eigenvalue weighted by atomic mass is 32.1. The van der Waals surface area contributed by atoms with E-state index in [1.54, 1.807) is 0 Å². The molecule has 0 spiro atoms. The summed E-state index contributed by atoms with van der Waals surface area (Å²) >= 11 is 5.17. The molecule has 100 valence electrons. The van der Waals surface area contributed by atoms with Crippen molar-refractivity contribution >= 4 is 12.2 Å². The predicted octanol–water partition coefficient (Wildman–Crippen LogP) is 1.84. The van der Waals surface area contributed by atoms with E-state index >= 15 is 0 Å². The number of hydrogen-bond acceptors (Lipinski definition) is 4. The molecule has 0 saturated heterocycles. The van der Waals surface area contributed by atoms with Crippen LogP contribution < -0.4 is 0 Å². The maximum atomic E-state index is 5.17. The third-order valence-electron chi connectivity index (χ3n) is 3.67. The lowest BCUT2D eigenvalue weighted by atomic mass is 10.0. The van der Waals surface area contributed by atoms with Gasteiger partial charge in [-0.1, -0.05) is 0 Å². The van der Waals surface area contributed by atoms with E-state index in [1.165, 1.54) is 11.3 Å². The minimum Gasteiger partial charge on any atom is -0.303 e. The Bertz CT molecular complexity index is 685. The topological polar surface area (TPSA) is 49.7 Å². The molecule has 0 fully saturated rings. The van der Waals surface area contributed by atoms with Gasteiger partial charge in [-0.3, -0.25) is 10.1 Å². The third kappa shape index (κ3) is 2.11. The van der Waals surface area contributed by atoms with Gasteiger partial charge in [0.05, 0.1) is 0 Å². The summed E-state index contributed by atoms with van der Waals surface area (Å²) in [6.07, 6.45) is 1.02. The summed E-state index contributed by atoms with van der Waals surface area (Å²) in [5, 5.41) is 7.14. The van der Waals surface area contributed by atoms with E-state index in [4.69, 9.17) is 17.2 Å². The number of aromatic amines is 1. The molecule has 0 radical (unpaired) electrons. The van der Waals surface area contributed by atoms with Gasteiger partial charge < -0.3 is 9.47 Å². The average molecular weight is 275 g/mol. The Kier molecular flexibility index (Phi) is 2.99. The molecule has 0 amide bonds. The highest BCUT2D eigenvalue weighted by Gasteiger charge is 2.18. The number of hydrogen-bond donors (Lipinski definition) is 1. The molecule has 0 atom stereocenters. The Balaban J connectivity index is 2.15. The summed E-state index contributed by atoms with van der Waals surface area (Å²) in [5.74, 6) is 0.853. The number of nitrogens with zero attached hydrogens (tertiary/aromatic N) is 4. The largest absolute Gasteiger partial charge is 0.303 e. The summed E-state index contributed by atoms with van der Waals surface area (Å²) in [4.78, 5) is 7.06. The summed E-state index contributed by atoms with van der Waals surface area (Å²) in [6, 6.07) is 2.21. The molecule has 19 heavy (non-hydrogen) atoms. The van der Waals surface area contributed by atoms with Gasteiger partial charge >= 0.3 is 0 Å². The third-order valence-corrected chi connectivity index (χ3v) is 4.04. The average Bonchev–Trinajstić information content (AvgIpc) is 2.70. The first-order valence-electron chi connectivity index (χ1n) is 6.36. The van der Waals surface area contributed by atoms with Crippen LogP contribution in [0.1, 0.15) is 17.0 Å². The minimum absolute atomic E-state index is 0.629. The van der Waals surface area contributed by atoms with E-state index in [2.05, 4.69) is 28.2 Å². The molecule has 2 aromatic rings. The van der Waals surface area contributed by atoms with Gasteiger partial charge in [-0.05, 0) is 37.8 Å². The lowest BCUT2D eigenvalue weighted by Crippen LogP contribution is -2.27. The zero-order valence-electron chi connectivity index (χ0n) is 11.4. The van der Waals surface area contributed by atoms with Crippen LogP contribution in [0.2, 0.25) is 0 Å². The van der Waals surface area contributed by atoms with E-state index in [-0.39, 0.29) is 0 Å². The van der Waals surface area contributed by atoms with Gasteiger partial charge in [0.2, 0.25) is 0 Å². The number of likely N-dealkylation sites (N-methyl/N-ethyl adjacent to an activating group) is 1. The second kappa shape index (κ2) is 4.54. The van der Waals surface area contributed by atoms with Gasteiger partial charge in [-0.15, -0.1) is 0 Å². The fourth-order valence-corrected chi connectivity index (χ4v) is 2.66. The smallest absolute Gasteiger partial charge is 0.195 e. The standard InChI is InChI=1S/C13H17N5S/c1-8-10(12-15-16-13(19)18(12)3)6-9-7-17(2)5-4-11(9)14-8/h6H,4-5,7H2,1-3H3,(H,16,19). The van der Waals surface area contributed by atoms with Gasteiger partial charge in [0.25, 0.3) is 0 Å². The summed E-state index contributed by atoms with van der Waals surface area (Å²) in [7, 11) is 4.06. The second-order valence-corrected chi connectivity index (χ2v) is 5.51. The fourth-order valence-electron chi connectivity index (χ4n) is 2.53. The Morgan fingerprint density at radius 3 is 2.84 bits per heavy atom. The first kappa shape index (κ1) is 12.5. The molecule has 1 aliphatic heterocycles. The van der Waals surface area contributed by atoms with E-state index in [0.29, 0.717) is 4.77 Å². The second-order valence-electron chi connectivity index (χ2n) is 5.13. The van der Waals surface area contributed by atoms with Crippen LogP contribution in [0.25, 0.3) is 11.4 Å². The van der Waals surface area contributed by atoms with Crippen molar-refractivity contribution in [2.45, 2.75) is 19.9 Å². The van der Waals surface area contributed by atoms with Crippen LogP contribution in [0.4, 0.5) is 0 Å². The number of pyridine rings is 1. The molecule has 0 aromatic carbocycles. The minimum atomic E-state index is 0.629. The molecule has 1 aliphatic rings. The molecule has 2 aromatic heterocycles. The molecule has 3 rings (SSSR count). The van der Waals surface area contributed by atoms with Crippen LogP contribution in [0.15, 0.2) is 6.07 Å².